The fraction of sp³-hybridized carbons (Fsp3) is 0.556. The first-order valence-corrected chi connectivity index (χ1v) is 5.26. The Bertz CT molecular complexity index is 361. The van der Waals surface area contributed by atoms with Crippen LogP contribution in [0.3, 0.4) is 0 Å². The van der Waals surface area contributed by atoms with Gasteiger partial charge in [0.2, 0.25) is 0 Å². The van der Waals surface area contributed by atoms with Crippen LogP contribution in [0.25, 0.3) is 0 Å². The Labute approximate surface area is 91.5 Å². The Hall–Kier alpha value is -0.840. The van der Waals surface area contributed by atoms with Crippen molar-refractivity contribution in [2.75, 3.05) is 18.5 Å². The van der Waals surface area contributed by atoms with Crippen LogP contribution in [0.1, 0.15) is 13.8 Å². The summed E-state index contributed by atoms with van der Waals surface area (Å²) in [5, 5.41) is 0. The molecule has 1 N–H and O–H groups in total. The zero-order chi connectivity index (χ0) is 10.7. The number of nitrogens with zero attached hydrogens (tertiary/aromatic N) is 2. The lowest BCUT2D eigenvalue weighted by atomic mass is 10.2. The van der Waals surface area contributed by atoms with E-state index in [0.29, 0.717) is 16.2 Å². The lowest BCUT2D eigenvalue weighted by Gasteiger charge is -2.20. The zero-order valence-corrected chi connectivity index (χ0v) is 10.1. The minimum Gasteiger partial charge on any atom is -0.358 e. The predicted molar refractivity (Wildman–Crippen MR) is 60.7 cm³/mol. The van der Waals surface area contributed by atoms with Crippen molar-refractivity contribution >= 4 is 21.7 Å². The van der Waals surface area contributed by atoms with E-state index in [1.54, 1.807) is 0 Å². The zero-order valence-electron chi connectivity index (χ0n) is 8.54. The highest BCUT2D eigenvalue weighted by Crippen LogP contribution is 2.18. The molecule has 0 atom stereocenters. The highest BCUT2D eigenvalue weighted by molar-refractivity contribution is 9.10. The monoisotopic (exact) mass is 259 g/mol. The van der Waals surface area contributed by atoms with Crippen molar-refractivity contribution in [3.05, 3.63) is 21.2 Å². The number of rotatable bonds is 3. The first kappa shape index (κ1) is 11.2. The molecule has 0 amide bonds. The summed E-state index contributed by atoms with van der Waals surface area (Å²) >= 11 is 3.22. The van der Waals surface area contributed by atoms with E-state index in [2.05, 4.69) is 39.7 Å². The number of hydrogen-bond donors (Lipinski definition) is 1. The fourth-order valence-electron chi connectivity index (χ4n) is 1.27. The van der Waals surface area contributed by atoms with Gasteiger partial charge in [-0.05, 0) is 21.8 Å². The smallest absolute Gasteiger partial charge is 0.267 e. The third-order valence-electron chi connectivity index (χ3n) is 1.78. The first-order chi connectivity index (χ1) is 6.52. The molecular weight excluding hydrogens is 246 g/mol. The number of hydrogen-bond acceptors (Lipinski definition) is 3. The summed E-state index contributed by atoms with van der Waals surface area (Å²) in [7, 11) is 1.92. The molecule has 1 rings (SSSR count). The van der Waals surface area contributed by atoms with Crippen LogP contribution in [0.2, 0.25) is 0 Å². The second-order valence-corrected chi connectivity index (χ2v) is 4.44. The van der Waals surface area contributed by atoms with E-state index in [-0.39, 0.29) is 5.56 Å². The van der Waals surface area contributed by atoms with Crippen molar-refractivity contribution in [3.63, 3.8) is 0 Å². The van der Waals surface area contributed by atoms with E-state index < -0.39 is 0 Å². The second kappa shape index (κ2) is 4.59. The van der Waals surface area contributed by atoms with Crippen molar-refractivity contribution in [3.8, 4) is 0 Å². The van der Waals surface area contributed by atoms with E-state index in [4.69, 9.17) is 0 Å². The van der Waals surface area contributed by atoms with Crippen LogP contribution in [0.4, 0.5) is 5.82 Å². The quantitative estimate of drug-likeness (QED) is 0.898. The minimum atomic E-state index is -0.148. The van der Waals surface area contributed by atoms with Gasteiger partial charge in [-0.15, -0.1) is 0 Å². The van der Waals surface area contributed by atoms with Crippen LogP contribution < -0.4 is 10.5 Å². The molecule has 14 heavy (non-hydrogen) atoms. The van der Waals surface area contributed by atoms with E-state index in [0.717, 1.165) is 6.54 Å². The molecule has 1 aromatic heterocycles. The SMILES string of the molecule is CC(C)CN(C)c1nc[nH]c(=O)c1Br. The van der Waals surface area contributed by atoms with Gasteiger partial charge >= 0.3 is 0 Å². The molecule has 1 aromatic rings. The summed E-state index contributed by atoms with van der Waals surface area (Å²) < 4.78 is 0.489. The Morgan fingerprint density at radius 1 is 1.64 bits per heavy atom. The minimum absolute atomic E-state index is 0.148. The number of aromatic amines is 1. The molecule has 0 bridgehead atoms. The first-order valence-electron chi connectivity index (χ1n) is 4.46. The molecule has 1 heterocycles. The summed E-state index contributed by atoms with van der Waals surface area (Å²) in [5.74, 6) is 1.22. The maximum Gasteiger partial charge on any atom is 0.267 e. The molecule has 4 nitrogen and oxygen atoms in total. The van der Waals surface area contributed by atoms with Gasteiger partial charge in [-0.2, -0.15) is 0 Å². The van der Waals surface area contributed by atoms with E-state index in [9.17, 15) is 4.79 Å². The summed E-state index contributed by atoms with van der Waals surface area (Å²) in [4.78, 5) is 19.8. The van der Waals surface area contributed by atoms with Gasteiger partial charge in [0.15, 0.2) is 0 Å². The Balaban J connectivity index is 2.95. The summed E-state index contributed by atoms with van der Waals surface area (Å²) in [6.07, 6.45) is 1.42. The van der Waals surface area contributed by atoms with Crippen molar-refractivity contribution in [2.24, 2.45) is 5.92 Å². The van der Waals surface area contributed by atoms with Crippen LogP contribution in [0.15, 0.2) is 15.6 Å². The Kier molecular flexibility index (Phi) is 3.69. The molecule has 0 spiro atoms. The van der Waals surface area contributed by atoms with Crippen LogP contribution >= 0.6 is 15.9 Å². The number of nitrogens with one attached hydrogen (secondary N) is 1. The topological polar surface area (TPSA) is 49.0 Å². The van der Waals surface area contributed by atoms with Gasteiger partial charge in [0.1, 0.15) is 10.3 Å². The van der Waals surface area contributed by atoms with Gasteiger partial charge in [0.05, 0.1) is 6.33 Å². The van der Waals surface area contributed by atoms with Crippen molar-refractivity contribution < 1.29 is 0 Å². The summed E-state index contributed by atoms with van der Waals surface area (Å²) in [5.41, 5.74) is -0.148. The van der Waals surface area contributed by atoms with Crippen LogP contribution in [0.5, 0.6) is 0 Å². The van der Waals surface area contributed by atoms with Gasteiger partial charge in [-0.1, -0.05) is 13.8 Å². The van der Waals surface area contributed by atoms with E-state index >= 15 is 0 Å². The number of anilines is 1. The molecule has 0 saturated heterocycles. The van der Waals surface area contributed by atoms with Crippen LogP contribution in [0, 0.1) is 5.92 Å². The molecule has 0 saturated carbocycles. The standard InChI is InChI=1S/C9H14BrN3O/c1-6(2)4-13(3)8-7(10)9(14)12-5-11-8/h5-6H,4H2,1-3H3,(H,11,12,14). The van der Waals surface area contributed by atoms with Crippen molar-refractivity contribution in [2.45, 2.75) is 13.8 Å². The molecular formula is C9H14BrN3O. The average Bonchev–Trinajstić information content (AvgIpc) is 2.08. The number of aromatic nitrogens is 2. The normalized spacial score (nSPS) is 10.6. The fourth-order valence-corrected chi connectivity index (χ4v) is 1.79. The largest absolute Gasteiger partial charge is 0.358 e. The van der Waals surface area contributed by atoms with E-state index in [1.807, 2.05) is 11.9 Å². The molecule has 5 heteroatoms. The summed E-state index contributed by atoms with van der Waals surface area (Å²) in [6, 6.07) is 0. The van der Waals surface area contributed by atoms with Gasteiger partial charge in [-0.25, -0.2) is 4.98 Å². The average molecular weight is 260 g/mol. The number of halogens is 1. The number of H-pyrrole nitrogens is 1. The molecule has 0 fully saturated rings. The highest BCUT2D eigenvalue weighted by atomic mass is 79.9. The lowest BCUT2D eigenvalue weighted by molar-refractivity contribution is 0.633. The maximum atomic E-state index is 11.3. The molecule has 0 aliphatic heterocycles. The predicted octanol–water partition coefficient (Wildman–Crippen LogP) is 1.62. The molecule has 0 aliphatic carbocycles. The van der Waals surface area contributed by atoms with Gasteiger partial charge in [0.25, 0.3) is 5.56 Å². The molecule has 0 radical (unpaired) electrons. The van der Waals surface area contributed by atoms with Gasteiger partial charge in [-0.3, -0.25) is 4.79 Å². The third kappa shape index (κ3) is 2.57. The third-order valence-corrected chi connectivity index (χ3v) is 2.49. The Morgan fingerprint density at radius 2 is 2.29 bits per heavy atom. The van der Waals surface area contributed by atoms with Gasteiger partial charge in [0, 0.05) is 13.6 Å². The van der Waals surface area contributed by atoms with Crippen molar-refractivity contribution in [1.82, 2.24) is 9.97 Å². The Morgan fingerprint density at radius 3 is 2.86 bits per heavy atom. The second-order valence-electron chi connectivity index (χ2n) is 3.64. The van der Waals surface area contributed by atoms with Crippen LogP contribution in [-0.2, 0) is 0 Å². The lowest BCUT2D eigenvalue weighted by Crippen LogP contribution is -2.26. The summed E-state index contributed by atoms with van der Waals surface area (Å²) in [6.45, 7) is 5.12. The maximum absolute atomic E-state index is 11.3. The van der Waals surface area contributed by atoms with Crippen LogP contribution in [-0.4, -0.2) is 23.6 Å². The van der Waals surface area contributed by atoms with Gasteiger partial charge < -0.3 is 9.88 Å². The molecule has 0 aromatic carbocycles. The van der Waals surface area contributed by atoms with Crippen molar-refractivity contribution in [1.29, 1.82) is 0 Å². The highest BCUT2D eigenvalue weighted by Gasteiger charge is 2.10. The molecule has 0 aliphatic rings. The van der Waals surface area contributed by atoms with E-state index in [1.165, 1.54) is 6.33 Å². The molecule has 0 unspecified atom stereocenters. The molecule has 78 valence electrons.